The molecule has 0 aliphatic carbocycles. The van der Waals surface area contributed by atoms with Gasteiger partial charge in [-0.3, -0.25) is 4.79 Å². The summed E-state index contributed by atoms with van der Waals surface area (Å²) in [5.74, 6) is -0.533. The van der Waals surface area contributed by atoms with Crippen LogP contribution >= 0.6 is 23.2 Å². The lowest BCUT2D eigenvalue weighted by Crippen LogP contribution is -2.30. The summed E-state index contributed by atoms with van der Waals surface area (Å²) in [6.07, 6.45) is 0. The number of hydrogen-bond acceptors (Lipinski definition) is 2. The van der Waals surface area contributed by atoms with Crippen LogP contribution in [0.1, 0.15) is 13.8 Å². The topological polar surface area (TPSA) is 46.5 Å². The van der Waals surface area contributed by atoms with E-state index in [1.54, 1.807) is 32.0 Å². The second-order valence-corrected chi connectivity index (χ2v) is 4.90. The van der Waals surface area contributed by atoms with Crippen molar-refractivity contribution in [1.82, 2.24) is 0 Å². The summed E-state index contributed by atoms with van der Waals surface area (Å²) in [5.41, 5.74) is -0.967. The number of hydrogen-bond donors (Lipinski definition) is 1. The maximum Gasteiger partial charge on any atom is 0.312 e. The molecule has 1 aromatic rings. The molecule has 0 saturated heterocycles. The fourth-order valence-corrected chi connectivity index (χ4v) is 1.24. The first-order valence-corrected chi connectivity index (χ1v) is 5.40. The molecule has 0 atom stereocenters. The van der Waals surface area contributed by atoms with E-state index in [1.165, 1.54) is 0 Å². The number of carbonyl (C=O) groups is 1. The van der Waals surface area contributed by atoms with Gasteiger partial charge in [0.2, 0.25) is 0 Å². The van der Waals surface area contributed by atoms with Gasteiger partial charge in [0.25, 0.3) is 0 Å². The molecular weight excluding hydrogens is 251 g/mol. The minimum Gasteiger partial charge on any atom is -0.491 e. The van der Waals surface area contributed by atoms with Crippen LogP contribution in [0.3, 0.4) is 0 Å². The molecule has 0 amide bonds. The van der Waals surface area contributed by atoms with Gasteiger partial charge in [-0.05, 0) is 26.0 Å². The molecule has 0 bridgehead atoms. The van der Waals surface area contributed by atoms with Crippen molar-refractivity contribution in [1.29, 1.82) is 0 Å². The Kier molecular flexibility index (Phi) is 4.05. The van der Waals surface area contributed by atoms with Crippen LogP contribution in [0.5, 0.6) is 5.75 Å². The van der Waals surface area contributed by atoms with E-state index in [0.717, 1.165) is 0 Å². The van der Waals surface area contributed by atoms with Gasteiger partial charge in [0.05, 0.1) is 10.4 Å². The Labute approximate surface area is 104 Å². The maximum atomic E-state index is 10.9. The minimum atomic E-state index is -0.967. The van der Waals surface area contributed by atoms with Crippen LogP contribution in [0.15, 0.2) is 18.2 Å². The van der Waals surface area contributed by atoms with E-state index in [0.29, 0.717) is 15.8 Å². The Morgan fingerprint density at radius 3 is 2.62 bits per heavy atom. The first-order chi connectivity index (χ1) is 7.33. The zero-order chi connectivity index (χ0) is 12.3. The highest BCUT2D eigenvalue weighted by atomic mass is 35.5. The Hall–Kier alpha value is -0.930. The summed E-state index contributed by atoms with van der Waals surface area (Å²) in [6.45, 7) is 3.18. The molecule has 88 valence electrons. The molecule has 5 heteroatoms. The van der Waals surface area contributed by atoms with Crippen molar-refractivity contribution in [3.05, 3.63) is 28.2 Å². The third-order valence-corrected chi connectivity index (χ3v) is 2.61. The minimum absolute atomic E-state index is 0.0302. The van der Waals surface area contributed by atoms with E-state index >= 15 is 0 Å². The van der Waals surface area contributed by atoms with Crippen molar-refractivity contribution in [2.24, 2.45) is 5.41 Å². The van der Waals surface area contributed by atoms with Gasteiger partial charge in [-0.15, -0.1) is 0 Å². The van der Waals surface area contributed by atoms with Crippen molar-refractivity contribution in [2.75, 3.05) is 6.61 Å². The Bertz CT molecular complexity index is 402. The molecule has 1 rings (SSSR count). The molecule has 0 radical (unpaired) electrons. The second kappa shape index (κ2) is 4.93. The molecule has 0 unspecified atom stereocenters. The van der Waals surface area contributed by atoms with Crippen LogP contribution in [0, 0.1) is 5.41 Å². The molecule has 3 nitrogen and oxygen atoms in total. The van der Waals surface area contributed by atoms with Gasteiger partial charge < -0.3 is 9.84 Å². The van der Waals surface area contributed by atoms with Gasteiger partial charge in [-0.25, -0.2) is 0 Å². The monoisotopic (exact) mass is 262 g/mol. The second-order valence-electron chi connectivity index (χ2n) is 4.05. The molecule has 0 aliphatic rings. The highest BCUT2D eigenvalue weighted by Gasteiger charge is 2.28. The maximum absolute atomic E-state index is 10.9. The number of rotatable bonds is 4. The molecular formula is C11H12Cl2O3. The number of ether oxygens (including phenoxy) is 1. The van der Waals surface area contributed by atoms with Gasteiger partial charge in [-0.2, -0.15) is 0 Å². The van der Waals surface area contributed by atoms with Gasteiger partial charge in [-0.1, -0.05) is 23.2 Å². The lowest BCUT2D eigenvalue weighted by Gasteiger charge is -2.20. The van der Waals surface area contributed by atoms with E-state index < -0.39 is 11.4 Å². The fourth-order valence-electron chi connectivity index (χ4n) is 0.908. The fraction of sp³-hybridized carbons (Fsp3) is 0.364. The van der Waals surface area contributed by atoms with Crippen molar-refractivity contribution >= 4 is 29.2 Å². The predicted octanol–water partition coefficient (Wildman–Crippen LogP) is 3.48. The average Bonchev–Trinajstić information content (AvgIpc) is 2.19. The van der Waals surface area contributed by atoms with Crippen LogP contribution in [0.2, 0.25) is 10.0 Å². The molecule has 0 aliphatic heterocycles. The molecule has 0 heterocycles. The molecule has 1 aromatic carbocycles. The number of benzene rings is 1. The van der Waals surface area contributed by atoms with Gasteiger partial charge >= 0.3 is 5.97 Å². The van der Waals surface area contributed by atoms with Crippen molar-refractivity contribution in [2.45, 2.75) is 13.8 Å². The first kappa shape index (κ1) is 13.1. The quantitative estimate of drug-likeness (QED) is 0.904. The van der Waals surface area contributed by atoms with E-state index in [9.17, 15) is 4.79 Å². The molecule has 0 saturated carbocycles. The van der Waals surface area contributed by atoms with Crippen LogP contribution in [0.4, 0.5) is 0 Å². The van der Waals surface area contributed by atoms with E-state index in [1.807, 2.05) is 0 Å². The summed E-state index contributed by atoms with van der Waals surface area (Å²) in [5, 5.41) is 9.81. The zero-order valence-corrected chi connectivity index (χ0v) is 10.5. The molecule has 0 aromatic heterocycles. The summed E-state index contributed by atoms with van der Waals surface area (Å²) in [4.78, 5) is 10.9. The summed E-state index contributed by atoms with van der Waals surface area (Å²) in [6, 6.07) is 4.80. The van der Waals surface area contributed by atoms with Gasteiger partial charge in [0.1, 0.15) is 12.4 Å². The SMILES string of the molecule is CC(C)(COc1cc(Cl)ccc1Cl)C(=O)O. The first-order valence-electron chi connectivity index (χ1n) is 4.64. The third-order valence-electron chi connectivity index (χ3n) is 2.06. The van der Waals surface area contributed by atoms with Crippen LogP contribution in [-0.4, -0.2) is 17.7 Å². The molecule has 1 N–H and O–H groups in total. The third kappa shape index (κ3) is 3.29. The lowest BCUT2D eigenvalue weighted by atomic mass is 9.95. The van der Waals surface area contributed by atoms with Gasteiger partial charge in [0.15, 0.2) is 0 Å². The lowest BCUT2D eigenvalue weighted by molar-refractivity contribution is -0.148. The Balaban J connectivity index is 2.75. The summed E-state index contributed by atoms with van der Waals surface area (Å²) < 4.78 is 5.35. The molecule has 0 spiro atoms. The van der Waals surface area contributed by atoms with Crippen molar-refractivity contribution in [3.8, 4) is 5.75 Å². The largest absolute Gasteiger partial charge is 0.491 e. The smallest absolute Gasteiger partial charge is 0.312 e. The molecule has 16 heavy (non-hydrogen) atoms. The van der Waals surface area contributed by atoms with E-state index in [2.05, 4.69) is 0 Å². The highest BCUT2D eigenvalue weighted by molar-refractivity contribution is 6.34. The highest BCUT2D eigenvalue weighted by Crippen LogP contribution is 2.29. The molecule has 0 fully saturated rings. The predicted molar refractivity (Wildman–Crippen MR) is 63.4 cm³/mol. The van der Waals surface area contributed by atoms with Crippen molar-refractivity contribution in [3.63, 3.8) is 0 Å². The van der Waals surface area contributed by atoms with Crippen molar-refractivity contribution < 1.29 is 14.6 Å². The van der Waals surface area contributed by atoms with Crippen LogP contribution in [0.25, 0.3) is 0 Å². The zero-order valence-electron chi connectivity index (χ0n) is 8.96. The summed E-state index contributed by atoms with van der Waals surface area (Å²) >= 11 is 11.6. The van der Waals surface area contributed by atoms with E-state index in [-0.39, 0.29) is 6.61 Å². The van der Waals surface area contributed by atoms with Crippen LogP contribution in [-0.2, 0) is 4.79 Å². The number of aliphatic carboxylic acids is 1. The normalized spacial score (nSPS) is 11.2. The number of carboxylic acids is 1. The number of halogens is 2. The average molecular weight is 263 g/mol. The summed E-state index contributed by atoms with van der Waals surface area (Å²) in [7, 11) is 0. The van der Waals surface area contributed by atoms with E-state index in [4.69, 9.17) is 33.0 Å². The number of carboxylic acid groups (broad SMARTS) is 1. The Morgan fingerprint density at radius 1 is 1.44 bits per heavy atom. The van der Waals surface area contributed by atoms with Crippen LogP contribution < -0.4 is 4.74 Å². The van der Waals surface area contributed by atoms with Gasteiger partial charge in [0, 0.05) is 11.1 Å². The standard InChI is InChI=1S/C11H12Cl2O3/c1-11(2,10(14)15)6-16-9-5-7(12)3-4-8(9)13/h3-5H,6H2,1-2H3,(H,14,15). The Morgan fingerprint density at radius 2 is 2.06 bits per heavy atom.